The number of aromatic hydroxyl groups is 1. The average molecular weight is 360 g/mol. The number of urea groups is 1. The lowest BCUT2D eigenvalue weighted by Gasteiger charge is -2.36. The Kier molecular flexibility index (Phi) is 5.06. The summed E-state index contributed by atoms with van der Waals surface area (Å²) in [5.41, 5.74) is 0.402. The second-order valence-electron chi connectivity index (χ2n) is 6.25. The highest BCUT2D eigenvalue weighted by Crippen LogP contribution is 2.14. The highest BCUT2D eigenvalue weighted by atomic mass is 16.3. The number of phenolic OH excluding ortho intramolecular Hbond substituents is 1. The van der Waals surface area contributed by atoms with Gasteiger partial charge in [0.2, 0.25) is 11.8 Å². The number of hydrogen-bond donors (Lipinski definition) is 2. The highest BCUT2D eigenvalue weighted by molar-refractivity contribution is 5.98. The fraction of sp³-hybridized carbons (Fsp3) is 0.412. The number of carbonyl (C=O) groups is 4. The Hall–Kier alpha value is -3.10. The predicted octanol–water partition coefficient (Wildman–Crippen LogP) is -0.381. The lowest BCUT2D eigenvalue weighted by Crippen LogP contribution is -2.56. The van der Waals surface area contributed by atoms with Crippen LogP contribution in [0.2, 0.25) is 0 Å². The van der Waals surface area contributed by atoms with E-state index in [0.717, 1.165) is 0 Å². The minimum Gasteiger partial charge on any atom is -0.508 e. The van der Waals surface area contributed by atoms with Gasteiger partial charge in [-0.3, -0.25) is 19.7 Å². The van der Waals surface area contributed by atoms with Gasteiger partial charge >= 0.3 is 6.03 Å². The minimum absolute atomic E-state index is 0.0305. The van der Waals surface area contributed by atoms with Gasteiger partial charge < -0.3 is 19.8 Å². The van der Waals surface area contributed by atoms with Crippen molar-refractivity contribution in [3.8, 4) is 5.75 Å². The largest absolute Gasteiger partial charge is 0.508 e. The summed E-state index contributed by atoms with van der Waals surface area (Å²) in [7, 11) is 0. The molecule has 0 spiro atoms. The molecule has 2 fully saturated rings. The second-order valence-corrected chi connectivity index (χ2v) is 6.25. The first kappa shape index (κ1) is 17.7. The van der Waals surface area contributed by atoms with Crippen LogP contribution in [-0.2, 0) is 9.59 Å². The average Bonchev–Trinajstić information content (AvgIpc) is 2.63. The van der Waals surface area contributed by atoms with Gasteiger partial charge in [0.25, 0.3) is 5.91 Å². The Morgan fingerprint density at radius 1 is 1.04 bits per heavy atom. The monoisotopic (exact) mass is 360 g/mol. The maximum atomic E-state index is 12.4. The van der Waals surface area contributed by atoms with E-state index in [1.165, 1.54) is 17.0 Å². The zero-order chi connectivity index (χ0) is 18.7. The molecule has 2 N–H and O–H groups in total. The molecule has 0 bridgehead atoms. The Balaban J connectivity index is 1.51. The molecule has 0 radical (unpaired) electrons. The van der Waals surface area contributed by atoms with E-state index >= 15 is 0 Å². The molecule has 2 saturated heterocycles. The summed E-state index contributed by atoms with van der Waals surface area (Å²) in [6, 6.07) is 5.60. The Morgan fingerprint density at radius 2 is 1.73 bits per heavy atom. The van der Waals surface area contributed by atoms with Crippen LogP contribution in [0.1, 0.15) is 16.8 Å². The van der Waals surface area contributed by atoms with Crippen molar-refractivity contribution in [1.29, 1.82) is 0 Å². The summed E-state index contributed by atoms with van der Waals surface area (Å²) in [6.07, 6.45) is 0.186. The normalized spacial score (nSPS) is 17.9. The smallest absolute Gasteiger partial charge is 0.324 e. The lowest BCUT2D eigenvalue weighted by atomic mass is 10.1. The predicted molar refractivity (Wildman–Crippen MR) is 90.3 cm³/mol. The molecule has 9 nitrogen and oxygen atoms in total. The number of piperazine rings is 1. The number of phenols is 1. The fourth-order valence-corrected chi connectivity index (χ4v) is 2.99. The van der Waals surface area contributed by atoms with Crippen LogP contribution in [0, 0.1) is 0 Å². The molecule has 3 rings (SSSR count). The number of hydrogen-bond acceptors (Lipinski definition) is 5. The third-order valence-corrected chi connectivity index (χ3v) is 4.48. The number of benzene rings is 1. The van der Waals surface area contributed by atoms with Gasteiger partial charge in [0.1, 0.15) is 12.3 Å². The molecule has 5 amide bonds. The van der Waals surface area contributed by atoms with Gasteiger partial charge in [-0.05, 0) is 18.2 Å². The highest BCUT2D eigenvalue weighted by Gasteiger charge is 2.29. The van der Waals surface area contributed by atoms with Gasteiger partial charge in [-0.1, -0.05) is 6.07 Å². The van der Waals surface area contributed by atoms with Gasteiger partial charge in [-0.2, -0.15) is 0 Å². The Bertz CT molecular complexity index is 742. The van der Waals surface area contributed by atoms with Gasteiger partial charge in [0.05, 0.1) is 0 Å². The molecule has 0 aromatic heterocycles. The third-order valence-electron chi connectivity index (χ3n) is 4.48. The number of amides is 5. The fourth-order valence-electron chi connectivity index (χ4n) is 2.99. The van der Waals surface area contributed by atoms with Crippen LogP contribution in [0.5, 0.6) is 5.75 Å². The minimum atomic E-state index is -0.549. The summed E-state index contributed by atoms with van der Waals surface area (Å²) >= 11 is 0. The van der Waals surface area contributed by atoms with Crippen molar-refractivity contribution in [2.24, 2.45) is 0 Å². The molecular formula is C17H20N4O5. The van der Waals surface area contributed by atoms with Crippen molar-refractivity contribution in [2.45, 2.75) is 6.42 Å². The molecule has 9 heteroatoms. The molecule has 1 aromatic carbocycles. The van der Waals surface area contributed by atoms with E-state index in [1.807, 2.05) is 0 Å². The molecule has 0 unspecified atom stereocenters. The van der Waals surface area contributed by atoms with Crippen molar-refractivity contribution < 1.29 is 24.3 Å². The molecule has 2 aliphatic heterocycles. The van der Waals surface area contributed by atoms with Crippen LogP contribution in [0.15, 0.2) is 24.3 Å². The van der Waals surface area contributed by atoms with Crippen LogP contribution in [-0.4, -0.2) is 82.8 Å². The number of nitrogens with one attached hydrogen (secondary N) is 1. The van der Waals surface area contributed by atoms with E-state index in [9.17, 15) is 24.3 Å². The summed E-state index contributed by atoms with van der Waals surface area (Å²) < 4.78 is 0. The van der Waals surface area contributed by atoms with Gasteiger partial charge in [-0.15, -0.1) is 0 Å². The van der Waals surface area contributed by atoms with Crippen LogP contribution in [0.3, 0.4) is 0 Å². The first-order valence-electron chi connectivity index (χ1n) is 8.39. The molecule has 1 aromatic rings. The molecule has 0 saturated carbocycles. The van der Waals surface area contributed by atoms with Crippen molar-refractivity contribution in [2.75, 3.05) is 39.3 Å². The Labute approximate surface area is 150 Å². The van der Waals surface area contributed by atoms with E-state index in [0.29, 0.717) is 31.7 Å². The molecule has 2 aliphatic rings. The maximum Gasteiger partial charge on any atom is 0.324 e. The van der Waals surface area contributed by atoms with E-state index in [-0.39, 0.29) is 43.0 Å². The molecule has 0 aliphatic carbocycles. The molecule has 26 heavy (non-hydrogen) atoms. The SMILES string of the molecule is O=C1CCN(CC(=O)N2CCN(C(=O)c3cccc(O)c3)CC2)C(=O)N1. The first-order valence-corrected chi connectivity index (χ1v) is 8.39. The van der Waals surface area contributed by atoms with E-state index < -0.39 is 6.03 Å². The third kappa shape index (κ3) is 3.93. The topological polar surface area (TPSA) is 110 Å². The summed E-state index contributed by atoms with van der Waals surface area (Å²) in [6.45, 7) is 1.65. The standard InChI is InChI=1S/C17H20N4O5/c22-13-3-1-2-12(10-13)16(25)20-8-6-19(7-9-20)15(24)11-21-5-4-14(23)18-17(21)26/h1-3,10,22H,4-9,11H2,(H,18,23,26). The molecule has 0 atom stereocenters. The molecular weight excluding hydrogens is 340 g/mol. The Morgan fingerprint density at radius 3 is 2.38 bits per heavy atom. The van der Waals surface area contributed by atoms with Crippen LogP contribution < -0.4 is 5.32 Å². The van der Waals surface area contributed by atoms with Crippen LogP contribution in [0.4, 0.5) is 4.79 Å². The number of nitrogens with zero attached hydrogens (tertiary/aromatic N) is 3. The van der Waals surface area contributed by atoms with E-state index in [4.69, 9.17) is 0 Å². The quantitative estimate of drug-likeness (QED) is 0.763. The lowest BCUT2D eigenvalue weighted by molar-refractivity contribution is -0.134. The van der Waals surface area contributed by atoms with E-state index in [2.05, 4.69) is 5.32 Å². The first-order chi connectivity index (χ1) is 12.4. The van der Waals surface area contributed by atoms with E-state index in [1.54, 1.807) is 21.9 Å². The molecule has 138 valence electrons. The molecule has 2 heterocycles. The van der Waals surface area contributed by atoms with Crippen LogP contribution >= 0.6 is 0 Å². The summed E-state index contributed by atoms with van der Waals surface area (Å²) in [5, 5.41) is 11.7. The summed E-state index contributed by atoms with van der Waals surface area (Å²) in [4.78, 5) is 52.2. The van der Waals surface area contributed by atoms with Crippen molar-refractivity contribution in [3.63, 3.8) is 0 Å². The zero-order valence-electron chi connectivity index (χ0n) is 14.2. The number of rotatable bonds is 3. The van der Waals surface area contributed by atoms with Gasteiger partial charge in [0, 0.05) is 44.7 Å². The van der Waals surface area contributed by atoms with Crippen molar-refractivity contribution in [1.82, 2.24) is 20.0 Å². The summed E-state index contributed by atoms with van der Waals surface area (Å²) in [5.74, 6) is -0.707. The number of carbonyl (C=O) groups excluding carboxylic acids is 4. The maximum absolute atomic E-state index is 12.4. The van der Waals surface area contributed by atoms with Crippen molar-refractivity contribution >= 4 is 23.8 Å². The van der Waals surface area contributed by atoms with Crippen LogP contribution in [0.25, 0.3) is 0 Å². The van der Waals surface area contributed by atoms with Crippen molar-refractivity contribution in [3.05, 3.63) is 29.8 Å². The van der Waals surface area contributed by atoms with Gasteiger partial charge in [0.15, 0.2) is 0 Å². The number of imide groups is 1. The second kappa shape index (κ2) is 7.42. The van der Waals surface area contributed by atoms with Gasteiger partial charge in [-0.25, -0.2) is 4.79 Å². The zero-order valence-corrected chi connectivity index (χ0v) is 14.2.